The van der Waals surface area contributed by atoms with E-state index in [0.717, 1.165) is 6.42 Å². The van der Waals surface area contributed by atoms with E-state index < -0.39 is 0 Å². The van der Waals surface area contributed by atoms with Gasteiger partial charge in [0.15, 0.2) is 0 Å². The fourth-order valence-corrected chi connectivity index (χ4v) is 2.75. The molecule has 1 fully saturated rings. The average molecular weight is 263 g/mol. The molecule has 2 rings (SSSR count). The zero-order valence-corrected chi connectivity index (χ0v) is 11.2. The standard InChI is InChI=1S/C15H21NO3/c1-10-4-2-3-5-11(10)9-16-15(19)12-6-13(17)8-14(18)7-12/h6-8,10-11,17-18H,2-5,9H2,1H3,(H,16,19). The molecule has 0 aliphatic heterocycles. The van der Waals surface area contributed by atoms with Crippen molar-refractivity contribution in [3.63, 3.8) is 0 Å². The molecule has 104 valence electrons. The summed E-state index contributed by atoms with van der Waals surface area (Å²) >= 11 is 0. The highest BCUT2D eigenvalue weighted by Crippen LogP contribution is 2.29. The summed E-state index contributed by atoms with van der Waals surface area (Å²) in [7, 11) is 0. The first-order valence-electron chi connectivity index (χ1n) is 6.87. The number of benzene rings is 1. The van der Waals surface area contributed by atoms with Crippen molar-refractivity contribution < 1.29 is 15.0 Å². The van der Waals surface area contributed by atoms with Crippen LogP contribution in [-0.4, -0.2) is 22.7 Å². The second-order valence-corrected chi connectivity index (χ2v) is 5.47. The monoisotopic (exact) mass is 263 g/mol. The topological polar surface area (TPSA) is 69.6 Å². The molecule has 4 heteroatoms. The van der Waals surface area contributed by atoms with Crippen LogP contribution in [0.3, 0.4) is 0 Å². The number of nitrogens with one attached hydrogen (secondary N) is 1. The predicted octanol–water partition coefficient (Wildman–Crippen LogP) is 2.65. The number of carbonyl (C=O) groups is 1. The Bertz CT molecular complexity index is 438. The van der Waals surface area contributed by atoms with Crippen LogP contribution >= 0.6 is 0 Å². The maximum Gasteiger partial charge on any atom is 0.251 e. The molecule has 1 aromatic carbocycles. The average Bonchev–Trinajstić information content (AvgIpc) is 2.36. The molecule has 19 heavy (non-hydrogen) atoms. The van der Waals surface area contributed by atoms with Gasteiger partial charge in [-0.1, -0.05) is 26.2 Å². The van der Waals surface area contributed by atoms with E-state index >= 15 is 0 Å². The molecule has 1 aliphatic carbocycles. The van der Waals surface area contributed by atoms with Crippen LogP contribution in [0.4, 0.5) is 0 Å². The van der Waals surface area contributed by atoms with E-state index in [1.54, 1.807) is 0 Å². The fourth-order valence-electron chi connectivity index (χ4n) is 2.75. The Labute approximate surface area is 113 Å². The van der Waals surface area contributed by atoms with Crippen LogP contribution in [0.15, 0.2) is 18.2 Å². The zero-order chi connectivity index (χ0) is 13.8. The van der Waals surface area contributed by atoms with Gasteiger partial charge in [0, 0.05) is 18.2 Å². The lowest BCUT2D eigenvalue weighted by atomic mass is 9.80. The van der Waals surface area contributed by atoms with Gasteiger partial charge in [-0.15, -0.1) is 0 Å². The Morgan fingerprint density at radius 1 is 1.21 bits per heavy atom. The quantitative estimate of drug-likeness (QED) is 0.785. The van der Waals surface area contributed by atoms with Crippen molar-refractivity contribution >= 4 is 5.91 Å². The van der Waals surface area contributed by atoms with Gasteiger partial charge in [-0.25, -0.2) is 0 Å². The van der Waals surface area contributed by atoms with E-state index in [-0.39, 0.29) is 17.4 Å². The number of amides is 1. The number of hydrogen-bond donors (Lipinski definition) is 3. The smallest absolute Gasteiger partial charge is 0.251 e. The largest absolute Gasteiger partial charge is 0.508 e. The van der Waals surface area contributed by atoms with Crippen molar-refractivity contribution in [1.29, 1.82) is 0 Å². The molecule has 2 unspecified atom stereocenters. The number of phenolic OH excluding ortho intramolecular Hbond substituents is 2. The highest BCUT2D eigenvalue weighted by Gasteiger charge is 2.21. The van der Waals surface area contributed by atoms with Crippen LogP contribution in [0.5, 0.6) is 11.5 Å². The fraction of sp³-hybridized carbons (Fsp3) is 0.533. The van der Waals surface area contributed by atoms with Gasteiger partial charge in [-0.05, 0) is 30.4 Å². The number of hydrogen-bond acceptors (Lipinski definition) is 3. The second-order valence-electron chi connectivity index (χ2n) is 5.47. The number of aromatic hydroxyl groups is 2. The second kappa shape index (κ2) is 5.95. The lowest BCUT2D eigenvalue weighted by Crippen LogP contribution is -2.33. The first kappa shape index (κ1) is 13.7. The summed E-state index contributed by atoms with van der Waals surface area (Å²) in [5.41, 5.74) is 0.293. The minimum atomic E-state index is -0.246. The van der Waals surface area contributed by atoms with Crippen LogP contribution < -0.4 is 5.32 Å². The normalized spacial score (nSPS) is 23.0. The van der Waals surface area contributed by atoms with E-state index in [1.807, 2.05) is 0 Å². The summed E-state index contributed by atoms with van der Waals surface area (Å²) < 4.78 is 0. The lowest BCUT2D eigenvalue weighted by Gasteiger charge is -2.28. The van der Waals surface area contributed by atoms with Gasteiger partial charge in [0.1, 0.15) is 11.5 Å². The molecule has 4 nitrogen and oxygen atoms in total. The third-order valence-corrected chi connectivity index (χ3v) is 3.98. The molecular weight excluding hydrogens is 242 g/mol. The van der Waals surface area contributed by atoms with Crippen molar-refractivity contribution in [2.24, 2.45) is 11.8 Å². The van der Waals surface area contributed by atoms with Gasteiger partial charge in [-0.2, -0.15) is 0 Å². The lowest BCUT2D eigenvalue weighted by molar-refractivity contribution is 0.0935. The van der Waals surface area contributed by atoms with E-state index in [0.29, 0.717) is 23.9 Å². The van der Waals surface area contributed by atoms with Gasteiger partial charge >= 0.3 is 0 Å². The minimum Gasteiger partial charge on any atom is -0.508 e. The van der Waals surface area contributed by atoms with E-state index in [9.17, 15) is 15.0 Å². The molecule has 1 amide bonds. The van der Waals surface area contributed by atoms with Crippen LogP contribution in [0.25, 0.3) is 0 Å². The molecule has 1 aliphatic rings. The molecule has 0 saturated heterocycles. The van der Waals surface area contributed by atoms with Crippen molar-refractivity contribution in [2.45, 2.75) is 32.6 Å². The summed E-state index contributed by atoms with van der Waals surface area (Å²) in [4.78, 5) is 12.0. The van der Waals surface area contributed by atoms with Crippen molar-refractivity contribution in [1.82, 2.24) is 5.32 Å². The highest BCUT2D eigenvalue weighted by molar-refractivity contribution is 5.95. The summed E-state index contributed by atoms with van der Waals surface area (Å²) in [6.07, 6.45) is 4.91. The van der Waals surface area contributed by atoms with Gasteiger partial charge in [0.05, 0.1) is 0 Å². The number of phenols is 2. The summed E-state index contributed by atoms with van der Waals surface area (Å²) in [6.45, 7) is 2.90. The summed E-state index contributed by atoms with van der Waals surface area (Å²) in [5, 5.41) is 21.6. The SMILES string of the molecule is CC1CCCCC1CNC(=O)c1cc(O)cc(O)c1. The van der Waals surface area contributed by atoms with E-state index in [1.165, 1.54) is 37.5 Å². The molecule has 1 saturated carbocycles. The Balaban J connectivity index is 1.93. The van der Waals surface area contributed by atoms with Gasteiger partial charge < -0.3 is 15.5 Å². The number of rotatable bonds is 3. The molecule has 1 aromatic rings. The van der Waals surface area contributed by atoms with Crippen molar-refractivity contribution in [3.05, 3.63) is 23.8 Å². The third kappa shape index (κ3) is 3.63. The van der Waals surface area contributed by atoms with Crippen LogP contribution in [0.1, 0.15) is 43.0 Å². The Morgan fingerprint density at radius 3 is 2.47 bits per heavy atom. The van der Waals surface area contributed by atoms with Gasteiger partial charge in [0.2, 0.25) is 0 Å². The van der Waals surface area contributed by atoms with Gasteiger partial charge in [-0.3, -0.25) is 4.79 Å². The molecule has 2 atom stereocenters. The molecule has 0 spiro atoms. The molecule has 0 bridgehead atoms. The molecular formula is C15H21NO3. The molecule has 3 N–H and O–H groups in total. The number of carbonyl (C=O) groups excluding carboxylic acids is 1. The first-order chi connectivity index (χ1) is 9.06. The van der Waals surface area contributed by atoms with Crippen LogP contribution in [0, 0.1) is 11.8 Å². The minimum absolute atomic E-state index is 0.101. The van der Waals surface area contributed by atoms with Crippen molar-refractivity contribution in [3.8, 4) is 11.5 Å². The maximum absolute atomic E-state index is 12.0. The Hall–Kier alpha value is -1.71. The summed E-state index contributed by atoms with van der Waals surface area (Å²) in [5.74, 6) is 0.728. The van der Waals surface area contributed by atoms with Gasteiger partial charge in [0.25, 0.3) is 5.91 Å². The Kier molecular flexibility index (Phi) is 4.30. The van der Waals surface area contributed by atoms with Crippen LogP contribution in [-0.2, 0) is 0 Å². The first-order valence-corrected chi connectivity index (χ1v) is 6.87. The molecule has 0 heterocycles. The zero-order valence-electron chi connectivity index (χ0n) is 11.2. The van der Waals surface area contributed by atoms with E-state index in [2.05, 4.69) is 12.2 Å². The predicted molar refractivity (Wildman–Crippen MR) is 73.2 cm³/mol. The van der Waals surface area contributed by atoms with Crippen molar-refractivity contribution in [2.75, 3.05) is 6.54 Å². The maximum atomic E-state index is 12.0. The van der Waals surface area contributed by atoms with E-state index in [4.69, 9.17) is 0 Å². The van der Waals surface area contributed by atoms with Crippen LogP contribution in [0.2, 0.25) is 0 Å². The molecule has 0 aromatic heterocycles. The third-order valence-electron chi connectivity index (χ3n) is 3.98. The Morgan fingerprint density at radius 2 is 1.84 bits per heavy atom. The highest BCUT2D eigenvalue weighted by atomic mass is 16.3. The summed E-state index contributed by atoms with van der Waals surface area (Å²) in [6, 6.07) is 3.93. The molecule has 0 radical (unpaired) electrons.